The molecule has 7 nitrogen and oxygen atoms in total. The molecule has 0 fully saturated rings. The molecule has 1 aromatic heterocycles. The van der Waals surface area contributed by atoms with Crippen molar-refractivity contribution in [2.45, 2.75) is 6.04 Å². The Morgan fingerprint density at radius 2 is 2.19 bits per heavy atom. The molecule has 3 rings (SSSR count). The molecule has 2 N–H and O–H groups in total. The Morgan fingerprint density at radius 1 is 1.41 bits per heavy atom. The summed E-state index contributed by atoms with van der Waals surface area (Å²) in [4.78, 5) is 12.0. The maximum Gasteiger partial charge on any atom is 0.232 e. The highest BCUT2D eigenvalue weighted by Crippen LogP contribution is 2.28. The van der Waals surface area contributed by atoms with Crippen molar-refractivity contribution in [1.29, 1.82) is 0 Å². The topological polar surface area (TPSA) is 93.7 Å². The van der Waals surface area contributed by atoms with Gasteiger partial charge in [-0.25, -0.2) is 28.0 Å². The molecule has 2 heterocycles. The van der Waals surface area contributed by atoms with Crippen molar-refractivity contribution in [3.05, 3.63) is 53.2 Å². The summed E-state index contributed by atoms with van der Waals surface area (Å²) in [5.41, 5.74) is 6.34. The van der Waals surface area contributed by atoms with E-state index in [1.807, 2.05) is 0 Å². The number of aliphatic imine (C=N–C) groups is 1. The fraction of sp³-hybridized carbons (Fsp3) is 0.235. The van der Waals surface area contributed by atoms with E-state index in [4.69, 9.17) is 10.5 Å². The highest BCUT2D eigenvalue weighted by molar-refractivity contribution is 7.83. The van der Waals surface area contributed by atoms with Gasteiger partial charge in [0, 0.05) is 12.6 Å². The van der Waals surface area contributed by atoms with Crippen LogP contribution in [0.1, 0.15) is 22.9 Å². The van der Waals surface area contributed by atoms with E-state index in [1.54, 1.807) is 7.05 Å². The monoisotopic (exact) mass is 393 g/mol. The molecular formula is C17H17F2N5O2S. The lowest BCUT2D eigenvalue weighted by Crippen LogP contribution is -2.41. The molecule has 2 aromatic rings. The van der Waals surface area contributed by atoms with Gasteiger partial charge >= 0.3 is 0 Å². The van der Waals surface area contributed by atoms with Crippen molar-refractivity contribution < 1.29 is 17.7 Å². The van der Waals surface area contributed by atoms with Crippen molar-refractivity contribution >= 4 is 28.8 Å². The zero-order valence-electron chi connectivity index (χ0n) is 14.6. The van der Waals surface area contributed by atoms with Crippen LogP contribution < -0.4 is 10.5 Å². The van der Waals surface area contributed by atoms with Crippen molar-refractivity contribution in [3.63, 3.8) is 0 Å². The Balaban J connectivity index is 1.92. The summed E-state index contributed by atoms with van der Waals surface area (Å²) in [6, 6.07) is 3.38. The number of hydrogen-bond acceptors (Lipinski definition) is 6. The fourth-order valence-electron chi connectivity index (χ4n) is 2.46. The number of nitrogens with two attached hydrogens (primary N) is 1. The first-order chi connectivity index (χ1) is 12.9. The summed E-state index contributed by atoms with van der Waals surface area (Å²) < 4.78 is 47.0. The average Bonchev–Trinajstić information content (AvgIpc) is 2.67. The Kier molecular flexibility index (Phi) is 5.45. The number of halogens is 2. The summed E-state index contributed by atoms with van der Waals surface area (Å²) in [6.45, 7) is 0. The highest BCUT2D eigenvalue weighted by atomic mass is 32.2. The lowest BCUT2D eigenvalue weighted by atomic mass is 10.0. The second-order valence-corrected chi connectivity index (χ2v) is 7.23. The van der Waals surface area contributed by atoms with E-state index in [0.717, 1.165) is 0 Å². The molecule has 0 radical (unpaired) electrons. The first kappa shape index (κ1) is 18.9. The number of hydrogen-bond donors (Lipinski definition) is 1. The van der Waals surface area contributed by atoms with Crippen molar-refractivity contribution in [2.75, 3.05) is 19.9 Å². The molecule has 2 unspecified atom stereocenters. The van der Waals surface area contributed by atoms with Gasteiger partial charge in [0.25, 0.3) is 0 Å². The van der Waals surface area contributed by atoms with Crippen LogP contribution in [0.4, 0.5) is 8.78 Å². The second kappa shape index (κ2) is 7.78. The van der Waals surface area contributed by atoms with Gasteiger partial charge in [0.15, 0.2) is 5.83 Å². The van der Waals surface area contributed by atoms with Crippen LogP contribution >= 0.6 is 0 Å². The van der Waals surface area contributed by atoms with Crippen LogP contribution in [0.2, 0.25) is 0 Å². The molecule has 0 saturated heterocycles. The minimum Gasteiger partial charge on any atom is -0.480 e. The van der Waals surface area contributed by atoms with Gasteiger partial charge < -0.3 is 10.5 Å². The van der Waals surface area contributed by atoms with Gasteiger partial charge in [0.05, 0.1) is 31.3 Å². The normalized spacial score (nSPS) is 20.4. The highest BCUT2D eigenvalue weighted by Gasteiger charge is 2.26. The van der Waals surface area contributed by atoms with E-state index in [0.29, 0.717) is 5.56 Å². The first-order valence-electron chi connectivity index (χ1n) is 7.87. The molecule has 10 heteroatoms. The lowest BCUT2D eigenvalue weighted by molar-refractivity contribution is 0.395. The molecule has 0 spiro atoms. The maximum absolute atomic E-state index is 14.4. The van der Waals surface area contributed by atoms with Gasteiger partial charge in [-0.2, -0.15) is 0 Å². The first-order valence-corrected chi connectivity index (χ1v) is 9.15. The number of methoxy groups -OCH3 is 1. The molecule has 0 amide bonds. The van der Waals surface area contributed by atoms with E-state index in [9.17, 15) is 13.0 Å². The SMILES string of the molecule is COc1cnc(/C(F)=C/c2ccc(F)c(C3CS(=O)N(C)C(N)=N3)c2)cn1. The summed E-state index contributed by atoms with van der Waals surface area (Å²) >= 11 is 0. The third-order valence-corrected chi connectivity index (χ3v) is 5.37. The van der Waals surface area contributed by atoms with Gasteiger partial charge in [-0.15, -0.1) is 0 Å². The Labute approximate surface area is 157 Å². The zero-order valence-corrected chi connectivity index (χ0v) is 15.4. The fourth-order valence-corrected chi connectivity index (χ4v) is 3.46. The third-order valence-electron chi connectivity index (χ3n) is 3.97. The molecule has 1 aliphatic heterocycles. The number of ether oxygens (including phenoxy) is 1. The molecule has 142 valence electrons. The van der Waals surface area contributed by atoms with Gasteiger partial charge in [-0.05, 0) is 23.8 Å². The molecular weight excluding hydrogens is 376 g/mol. The van der Waals surface area contributed by atoms with Gasteiger partial charge in [-0.1, -0.05) is 6.07 Å². The average molecular weight is 393 g/mol. The standard InChI is InChI=1S/C17H17F2N5O2S/c1-24-17(20)23-15(9-27(24)25)11-5-10(3-4-12(11)18)6-13(19)14-7-22-16(26-2)8-21-14/h3-8,15H,9H2,1-2H3,(H2,20,23)/b13-6-. The van der Waals surface area contributed by atoms with Crippen molar-refractivity contribution in [3.8, 4) is 5.88 Å². The van der Waals surface area contributed by atoms with Crippen LogP contribution in [0.5, 0.6) is 5.88 Å². The summed E-state index contributed by atoms with van der Waals surface area (Å²) in [5, 5.41) is 0. The lowest BCUT2D eigenvalue weighted by Gasteiger charge is -2.26. The molecule has 1 aliphatic rings. The van der Waals surface area contributed by atoms with Gasteiger partial charge in [0.2, 0.25) is 11.8 Å². The summed E-state index contributed by atoms with van der Waals surface area (Å²) in [6.07, 6.45) is 3.74. The van der Waals surface area contributed by atoms with E-state index in [-0.39, 0.29) is 28.8 Å². The Morgan fingerprint density at radius 3 is 2.81 bits per heavy atom. The maximum atomic E-state index is 14.4. The van der Waals surface area contributed by atoms with E-state index >= 15 is 0 Å². The minimum absolute atomic E-state index is 0.0179. The molecule has 0 bridgehead atoms. The van der Waals surface area contributed by atoms with Crippen molar-refractivity contribution in [1.82, 2.24) is 14.3 Å². The number of aromatic nitrogens is 2. The van der Waals surface area contributed by atoms with E-state index in [2.05, 4.69) is 15.0 Å². The van der Waals surface area contributed by atoms with Crippen molar-refractivity contribution in [2.24, 2.45) is 10.7 Å². The number of guanidine groups is 1. The number of benzene rings is 1. The predicted molar refractivity (Wildman–Crippen MR) is 99.1 cm³/mol. The third kappa shape index (κ3) is 4.11. The number of rotatable bonds is 4. The van der Waals surface area contributed by atoms with Crippen LogP contribution in [0.15, 0.2) is 35.6 Å². The molecule has 2 atom stereocenters. The molecule has 0 saturated carbocycles. The van der Waals surface area contributed by atoms with Gasteiger partial charge in [0.1, 0.15) is 22.5 Å². The van der Waals surface area contributed by atoms with Crippen LogP contribution in [-0.4, -0.2) is 44.4 Å². The minimum atomic E-state index is -1.41. The van der Waals surface area contributed by atoms with Crippen LogP contribution in [-0.2, 0) is 11.0 Å². The van der Waals surface area contributed by atoms with Crippen LogP contribution in [0.3, 0.4) is 0 Å². The van der Waals surface area contributed by atoms with Crippen LogP contribution in [0.25, 0.3) is 11.9 Å². The van der Waals surface area contributed by atoms with E-state index in [1.165, 1.54) is 48.1 Å². The Hall–Kier alpha value is -2.88. The van der Waals surface area contributed by atoms with E-state index < -0.39 is 28.7 Å². The smallest absolute Gasteiger partial charge is 0.232 e. The van der Waals surface area contributed by atoms with Crippen LogP contribution in [0, 0.1) is 5.82 Å². The zero-order chi connectivity index (χ0) is 19.6. The largest absolute Gasteiger partial charge is 0.480 e. The second-order valence-electron chi connectivity index (χ2n) is 5.71. The van der Waals surface area contributed by atoms with Gasteiger partial charge in [-0.3, -0.25) is 4.31 Å². The molecule has 1 aromatic carbocycles. The summed E-state index contributed by atoms with van der Waals surface area (Å²) in [5.74, 6) is -0.753. The summed E-state index contributed by atoms with van der Waals surface area (Å²) in [7, 11) is 1.57. The predicted octanol–water partition coefficient (Wildman–Crippen LogP) is 2.06. The molecule has 27 heavy (non-hydrogen) atoms. The Bertz CT molecular complexity index is 933. The number of nitrogens with zero attached hydrogens (tertiary/aromatic N) is 4. The molecule has 0 aliphatic carbocycles. The quantitative estimate of drug-likeness (QED) is 0.858.